The van der Waals surface area contributed by atoms with Gasteiger partial charge in [0.25, 0.3) is 0 Å². The van der Waals surface area contributed by atoms with Crippen molar-refractivity contribution in [1.82, 2.24) is 4.98 Å². The smallest absolute Gasteiger partial charge is 0.134 e. The zero-order chi connectivity index (χ0) is 18.5. The average Bonchev–Trinajstić information content (AvgIpc) is 2.29. The molecule has 0 aliphatic carbocycles. The van der Waals surface area contributed by atoms with Gasteiger partial charge in [0.2, 0.25) is 0 Å². The molecule has 9 heteroatoms. The van der Waals surface area contributed by atoms with Gasteiger partial charge in [-0.15, -0.1) is 23.8 Å². The van der Waals surface area contributed by atoms with Gasteiger partial charge in [-0.3, -0.25) is 8.78 Å². The van der Waals surface area contributed by atoms with Gasteiger partial charge in [-0.2, -0.15) is 0 Å². The minimum atomic E-state index is -1.92. The van der Waals surface area contributed by atoms with Crippen LogP contribution in [0, 0.1) is 29.6 Å². The third-order valence-corrected chi connectivity index (χ3v) is 0.819. The second-order valence-corrected chi connectivity index (χ2v) is 13.5. The topological polar surface area (TPSA) is 12.9 Å². The van der Waals surface area contributed by atoms with Crippen molar-refractivity contribution in [3.05, 3.63) is 29.6 Å². The van der Waals surface area contributed by atoms with Crippen LogP contribution in [-0.2, 0) is 19.5 Å². The molecule has 0 aliphatic rings. The number of pyridine rings is 1. The van der Waals surface area contributed by atoms with Crippen LogP contribution in [-0.4, -0.2) is 65.0 Å². The molecule has 0 unspecified atom stereocenters. The molecule has 0 aromatic carbocycles. The molecule has 0 fully saturated rings. The number of hydrogen-bond donors (Lipinski definition) is 0. The second-order valence-electron chi connectivity index (χ2n) is 5.48. The van der Waals surface area contributed by atoms with Gasteiger partial charge in [0.15, 0.2) is 0 Å². The van der Waals surface area contributed by atoms with E-state index in [9.17, 15) is 17.6 Å². The number of halogens is 4. The van der Waals surface area contributed by atoms with E-state index in [1.54, 1.807) is 0 Å². The van der Waals surface area contributed by atoms with Crippen molar-refractivity contribution in [1.29, 1.82) is 0 Å². The number of nitrogens with zero attached hydrogens (tertiary/aromatic N) is 1. The van der Waals surface area contributed by atoms with Crippen LogP contribution in [0.4, 0.5) is 17.6 Å². The Balaban J connectivity index is -0.000000118. The number of rotatable bonds is 0. The fourth-order valence-electron chi connectivity index (χ4n) is 0.383. The van der Waals surface area contributed by atoms with Gasteiger partial charge in [0, 0.05) is 19.5 Å². The molecule has 0 atom stereocenters. The summed E-state index contributed by atoms with van der Waals surface area (Å²) < 4.78 is 47.5. The first kappa shape index (κ1) is 31.5. The van der Waals surface area contributed by atoms with Crippen molar-refractivity contribution >= 4 is 23.8 Å². The van der Waals surface area contributed by atoms with Crippen LogP contribution in [0.5, 0.6) is 0 Å². The zero-order valence-corrected chi connectivity index (χ0v) is 19.5. The third kappa shape index (κ3) is 31.1. The Morgan fingerprint density at radius 3 is 1.13 bits per heavy atom. The SMILES string of the molecule is CP(C)C.CP(C)C.CP(C)C.Fc1[c-]nc(F)c(F)c1F.[Rh]. The summed E-state index contributed by atoms with van der Waals surface area (Å²) in [5.41, 5.74) is 0. The molecule has 0 N–H and O–H groups in total. The Kier molecular flexibility index (Phi) is 26.2. The van der Waals surface area contributed by atoms with E-state index in [1.807, 2.05) is 0 Å². The standard InChI is InChI=1S/C5F4N.3C3H9P.Rh/c6-2-1-10-5(9)4(8)3(2)7;3*1-4(2)3;/h;3*1-3H3;/q-1;;;;. The van der Waals surface area contributed by atoms with Gasteiger partial charge in [-0.05, 0) is 66.2 Å². The molecule has 23 heavy (non-hydrogen) atoms. The van der Waals surface area contributed by atoms with E-state index in [-0.39, 0.29) is 19.5 Å². The quantitative estimate of drug-likeness (QED) is 0.157. The monoisotopic (exact) mass is 481 g/mol. The van der Waals surface area contributed by atoms with Crippen LogP contribution < -0.4 is 0 Å². The molecule has 0 amide bonds. The average molecular weight is 481 g/mol. The Bertz CT molecular complexity index is 345. The third-order valence-electron chi connectivity index (χ3n) is 0.819. The molecule has 0 bridgehead atoms. The van der Waals surface area contributed by atoms with Crippen molar-refractivity contribution in [2.75, 3.05) is 60.0 Å². The predicted molar refractivity (Wildman–Crippen MR) is 97.0 cm³/mol. The van der Waals surface area contributed by atoms with Crippen LogP contribution >= 0.6 is 23.8 Å². The Morgan fingerprint density at radius 1 is 0.652 bits per heavy atom. The zero-order valence-electron chi connectivity index (χ0n) is 15.1. The summed E-state index contributed by atoms with van der Waals surface area (Å²) in [6, 6.07) is 0. The normalized spacial score (nSPS) is 9.04. The largest absolute Gasteiger partial charge is 0.356 e. The molecular weight excluding hydrogens is 454 g/mol. The number of aromatic nitrogens is 1. The first-order valence-electron chi connectivity index (χ1n) is 6.23. The minimum Gasteiger partial charge on any atom is -0.356 e. The molecule has 0 saturated heterocycles. The molecular formula is C14H27F4NP3Rh-. The molecule has 0 spiro atoms. The second kappa shape index (κ2) is 19.1. The van der Waals surface area contributed by atoms with Crippen LogP contribution in [0.2, 0.25) is 0 Å². The van der Waals surface area contributed by atoms with E-state index >= 15 is 0 Å². The van der Waals surface area contributed by atoms with E-state index in [0.29, 0.717) is 23.8 Å². The fraction of sp³-hybridized carbons (Fsp3) is 0.643. The van der Waals surface area contributed by atoms with E-state index in [4.69, 9.17) is 0 Å². The predicted octanol–water partition coefficient (Wildman–Crippen LogP) is 5.51. The van der Waals surface area contributed by atoms with Gasteiger partial charge >= 0.3 is 0 Å². The summed E-state index contributed by atoms with van der Waals surface area (Å²) in [5, 5.41) is 0. The molecule has 141 valence electrons. The Morgan fingerprint density at radius 2 is 0.913 bits per heavy atom. The van der Waals surface area contributed by atoms with E-state index in [1.165, 1.54) is 6.20 Å². The van der Waals surface area contributed by atoms with Gasteiger partial charge in [-0.25, -0.2) is 8.78 Å². The van der Waals surface area contributed by atoms with Crippen molar-refractivity contribution < 1.29 is 37.0 Å². The van der Waals surface area contributed by atoms with E-state index in [0.717, 1.165) is 0 Å². The van der Waals surface area contributed by atoms with Crippen molar-refractivity contribution in [2.45, 2.75) is 0 Å². The summed E-state index contributed by atoms with van der Waals surface area (Å²) in [6.07, 6.45) is 1.30. The molecule has 1 nitrogen and oxygen atoms in total. The first-order chi connectivity index (χ1) is 9.82. The molecule has 0 saturated carbocycles. The fourth-order valence-corrected chi connectivity index (χ4v) is 0.383. The van der Waals surface area contributed by atoms with Crippen LogP contribution in [0.1, 0.15) is 0 Å². The summed E-state index contributed by atoms with van der Waals surface area (Å²) in [6.45, 7) is 20.1. The summed E-state index contributed by atoms with van der Waals surface area (Å²) in [4.78, 5) is 2.46. The molecule has 0 aliphatic heterocycles. The molecule has 1 aromatic rings. The number of hydrogen-bond acceptors (Lipinski definition) is 1. The molecule has 1 radical (unpaired) electrons. The Labute approximate surface area is 155 Å². The summed E-state index contributed by atoms with van der Waals surface area (Å²) >= 11 is 0. The van der Waals surface area contributed by atoms with Gasteiger partial charge in [-0.1, -0.05) is 0 Å². The maximum absolute atomic E-state index is 11.9. The van der Waals surface area contributed by atoms with Gasteiger partial charge < -0.3 is 4.98 Å². The summed E-state index contributed by atoms with van der Waals surface area (Å²) in [7, 11) is 1.14. The first-order valence-corrected chi connectivity index (χ1v) is 14.3. The molecule has 1 heterocycles. The van der Waals surface area contributed by atoms with Crippen molar-refractivity contribution in [3.8, 4) is 0 Å². The maximum atomic E-state index is 11.9. The van der Waals surface area contributed by atoms with Crippen molar-refractivity contribution in [2.24, 2.45) is 0 Å². The van der Waals surface area contributed by atoms with Crippen molar-refractivity contribution in [3.63, 3.8) is 0 Å². The van der Waals surface area contributed by atoms with E-state index < -0.39 is 23.4 Å². The van der Waals surface area contributed by atoms with E-state index in [2.05, 4.69) is 65.0 Å². The maximum Gasteiger partial charge on any atom is 0.134 e. The van der Waals surface area contributed by atoms with Gasteiger partial charge in [0.1, 0.15) is 11.8 Å². The summed E-state index contributed by atoms with van der Waals surface area (Å²) in [5.74, 6) is -7.14. The molecule has 1 aromatic heterocycles. The molecule has 1 rings (SSSR count). The van der Waals surface area contributed by atoms with Crippen LogP contribution in [0.25, 0.3) is 0 Å². The minimum absolute atomic E-state index is 0. The van der Waals surface area contributed by atoms with Gasteiger partial charge in [0.05, 0.1) is 11.6 Å². The van der Waals surface area contributed by atoms with Crippen LogP contribution in [0.15, 0.2) is 0 Å². The Hall–Kier alpha value is 0.783. The van der Waals surface area contributed by atoms with Crippen LogP contribution in [0.3, 0.4) is 0 Å².